The van der Waals surface area contributed by atoms with Crippen LogP contribution in [0.4, 0.5) is 4.79 Å². The van der Waals surface area contributed by atoms with Crippen LogP contribution in [0.3, 0.4) is 0 Å². The predicted octanol–water partition coefficient (Wildman–Crippen LogP) is 2.27. The zero-order valence-electron chi connectivity index (χ0n) is 9.45. The molecule has 4 heteroatoms. The number of amides is 1. The van der Waals surface area contributed by atoms with Crippen LogP contribution in [0.15, 0.2) is 23.8 Å². The van der Waals surface area contributed by atoms with Gasteiger partial charge in [-0.05, 0) is 38.2 Å². The molecule has 88 valence electrons. The smallest absolute Gasteiger partial charge is 0.405 e. The van der Waals surface area contributed by atoms with Crippen molar-refractivity contribution in [1.29, 1.82) is 0 Å². The molecule has 0 spiro atoms. The number of nitrogens with one attached hydrogen (secondary N) is 1. The van der Waals surface area contributed by atoms with Gasteiger partial charge in [0.2, 0.25) is 0 Å². The van der Waals surface area contributed by atoms with Crippen molar-refractivity contribution in [1.82, 2.24) is 5.32 Å². The molecule has 4 nitrogen and oxygen atoms in total. The molecule has 0 aromatic rings. The first-order valence-corrected chi connectivity index (χ1v) is 5.38. The number of ketones is 1. The number of Topliss-reactive ketones (excluding diaryl/α,β-unsaturated/α-hetero) is 1. The molecular weight excluding hydrogens is 206 g/mol. The van der Waals surface area contributed by atoms with Crippen LogP contribution in [0.5, 0.6) is 0 Å². The molecule has 0 fully saturated rings. The van der Waals surface area contributed by atoms with Crippen molar-refractivity contribution in [2.24, 2.45) is 0 Å². The van der Waals surface area contributed by atoms with Crippen molar-refractivity contribution in [3.63, 3.8) is 0 Å². The van der Waals surface area contributed by atoms with Gasteiger partial charge in [0, 0.05) is 0 Å². The molecule has 0 saturated carbocycles. The topological polar surface area (TPSA) is 66.4 Å². The van der Waals surface area contributed by atoms with Gasteiger partial charge in [0.15, 0.2) is 5.78 Å². The maximum absolute atomic E-state index is 11.7. The molecule has 0 saturated heterocycles. The summed E-state index contributed by atoms with van der Waals surface area (Å²) in [6.45, 7) is 5.15. The van der Waals surface area contributed by atoms with Gasteiger partial charge in [-0.25, -0.2) is 4.79 Å². The number of hydrogen-bond acceptors (Lipinski definition) is 2. The second-order valence-electron chi connectivity index (χ2n) is 4.11. The molecule has 16 heavy (non-hydrogen) atoms. The van der Waals surface area contributed by atoms with Gasteiger partial charge in [-0.15, -0.1) is 0 Å². The van der Waals surface area contributed by atoms with Crippen LogP contribution in [0.1, 0.15) is 32.6 Å². The number of hydrogen-bond donors (Lipinski definition) is 2. The lowest BCUT2D eigenvalue weighted by atomic mass is 9.99. The fourth-order valence-corrected chi connectivity index (χ4v) is 1.84. The summed E-state index contributed by atoms with van der Waals surface area (Å²) >= 11 is 0. The standard InChI is InChI=1S/C12H17NO3/c1-8(2)11(14)10(13-12(15)16)7-9-5-3-4-6-9/h5,10,13H,1,3-4,6-7H2,2H3,(H,15,16). The number of carbonyl (C=O) groups is 2. The highest BCUT2D eigenvalue weighted by atomic mass is 16.4. The minimum atomic E-state index is -1.17. The fourth-order valence-electron chi connectivity index (χ4n) is 1.84. The molecule has 1 rings (SSSR count). The van der Waals surface area contributed by atoms with Gasteiger partial charge in [0.05, 0.1) is 6.04 Å². The molecule has 1 amide bonds. The minimum Gasteiger partial charge on any atom is -0.465 e. The molecule has 0 radical (unpaired) electrons. The fraction of sp³-hybridized carbons (Fsp3) is 0.500. The van der Waals surface area contributed by atoms with Crippen molar-refractivity contribution in [2.75, 3.05) is 0 Å². The van der Waals surface area contributed by atoms with Crippen LogP contribution >= 0.6 is 0 Å². The average Bonchev–Trinajstić information content (AvgIpc) is 2.67. The van der Waals surface area contributed by atoms with Crippen LogP contribution in [0.2, 0.25) is 0 Å². The van der Waals surface area contributed by atoms with Crippen molar-refractivity contribution in [3.8, 4) is 0 Å². The molecular formula is C12H17NO3. The summed E-state index contributed by atoms with van der Waals surface area (Å²) in [6, 6.07) is -0.681. The van der Waals surface area contributed by atoms with E-state index >= 15 is 0 Å². The second kappa shape index (κ2) is 5.49. The summed E-state index contributed by atoms with van der Waals surface area (Å²) < 4.78 is 0. The largest absolute Gasteiger partial charge is 0.465 e. The molecule has 0 aromatic carbocycles. The summed E-state index contributed by atoms with van der Waals surface area (Å²) in [4.78, 5) is 22.3. The molecule has 1 aliphatic carbocycles. The zero-order chi connectivity index (χ0) is 12.1. The van der Waals surface area contributed by atoms with E-state index in [0.717, 1.165) is 24.8 Å². The highest BCUT2D eigenvalue weighted by molar-refractivity contribution is 6.00. The molecule has 0 aromatic heterocycles. The van der Waals surface area contributed by atoms with E-state index in [4.69, 9.17) is 5.11 Å². The lowest BCUT2D eigenvalue weighted by Gasteiger charge is -2.16. The Morgan fingerprint density at radius 2 is 2.31 bits per heavy atom. The van der Waals surface area contributed by atoms with Gasteiger partial charge >= 0.3 is 6.09 Å². The van der Waals surface area contributed by atoms with Gasteiger partial charge in [-0.1, -0.05) is 18.2 Å². The Kier molecular flexibility index (Phi) is 4.28. The van der Waals surface area contributed by atoms with E-state index in [9.17, 15) is 9.59 Å². The quantitative estimate of drug-likeness (QED) is 0.555. The van der Waals surface area contributed by atoms with Crippen molar-refractivity contribution in [3.05, 3.63) is 23.8 Å². The third kappa shape index (κ3) is 3.53. The van der Waals surface area contributed by atoms with Gasteiger partial charge in [0.1, 0.15) is 0 Å². The maximum Gasteiger partial charge on any atom is 0.405 e. The van der Waals surface area contributed by atoms with Crippen LogP contribution < -0.4 is 5.32 Å². The normalized spacial score (nSPS) is 16.4. The number of allylic oxidation sites excluding steroid dienone is 1. The number of carbonyl (C=O) groups excluding carboxylic acids is 1. The third-order valence-corrected chi connectivity index (χ3v) is 2.64. The first kappa shape index (κ1) is 12.5. The first-order valence-electron chi connectivity index (χ1n) is 5.38. The maximum atomic E-state index is 11.7. The summed E-state index contributed by atoms with van der Waals surface area (Å²) in [5.74, 6) is -0.227. The lowest BCUT2D eigenvalue weighted by molar-refractivity contribution is -0.117. The Morgan fingerprint density at radius 3 is 2.75 bits per heavy atom. The van der Waals surface area contributed by atoms with Gasteiger partial charge in [-0.3, -0.25) is 4.79 Å². The van der Waals surface area contributed by atoms with Crippen LogP contribution in [0, 0.1) is 0 Å². The molecule has 1 atom stereocenters. The lowest BCUT2D eigenvalue weighted by Crippen LogP contribution is -2.40. The first-order chi connectivity index (χ1) is 7.50. The molecule has 1 aliphatic rings. The van der Waals surface area contributed by atoms with E-state index in [1.165, 1.54) is 0 Å². The number of rotatable bonds is 5. The van der Waals surface area contributed by atoms with E-state index in [2.05, 4.69) is 18.0 Å². The second-order valence-corrected chi connectivity index (χ2v) is 4.11. The Morgan fingerprint density at radius 1 is 1.62 bits per heavy atom. The molecule has 2 N–H and O–H groups in total. The van der Waals surface area contributed by atoms with Crippen molar-refractivity contribution < 1.29 is 14.7 Å². The number of carboxylic acid groups (broad SMARTS) is 1. The highest BCUT2D eigenvalue weighted by Crippen LogP contribution is 2.22. The SMILES string of the molecule is C=C(C)C(=O)C(CC1=CCCC1)NC(=O)O. The average molecular weight is 223 g/mol. The summed E-state index contributed by atoms with van der Waals surface area (Å²) in [7, 11) is 0. The van der Waals surface area contributed by atoms with Gasteiger partial charge in [0.25, 0.3) is 0 Å². The Labute approximate surface area is 95.0 Å². The van der Waals surface area contributed by atoms with Crippen molar-refractivity contribution in [2.45, 2.75) is 38.6 Å². The third-order valence-electron chi connectivity index (χ3n) is 2.64. The Balaban J connectivity index is 2.66. The van der Waals surface area contributed by atoms with Gasteiger partial charge < -0.3 is 10.4 Å². The monoisotopic (exact) mass is 223 g/mol. The van der Waals surface area contributed by atoms with Crippen LogP contribution in [-0.4, -0.2) is 23.0 Å². The van der Waals surface area contributed by atoms with Crippen LogP contribution in [-0.2, 0) is 4.79 Å². The van der Waals surface area contributed by atoms with E-state index in [1.54, 1.807) is 6.92 Å². The highest BCUT2D eigenvalue weighted by Gasteiger charge is 2.22. The Hall–Kier alpha value is -1.58. The Bertz CT molecular complexity index is 344. The molecule has 0 aliphatic heterocycles. The van der Waals surface area contributed by atoms with E-state index in [-0.39, 0.29) is 5.78 Å². The minimum absolute atomic E-state index is 0.227. The molecule has 0 heterocycles. The van der Waals surface area contributed by atoms with Crippen LogP contribution in [0.25, 0.3) is 0 Å². The van der Waals surface area contributed by atoms with E-state index < -0.39 is 12.1 Å². The molecule has 0 bridgehead atoms. The zero-order valence-corrected chi connectivity index (χ0v) is 9.45. The summed E-state index contributed by atoms with van der Waals surface area (Å²) in [5.41, 5.74) is 1.55. The van der Waals surface area contributed by atoms with E-state index in [1.807, 2.05) is 0 Å². The van der Waals surface area contributed by atoms with E-state index in [0.29, 0.717) is 12.0 Å². The predicted molar refractivity (Wildman–Crippen MR) is 61.3 cm³/mol. The molecule has 1 unspecified atom stereocenters. The van der Waals surface area contributed by atoms with Gasteiger partial charge in [-0.2, -0.15) is 0 Å². The summed E-state index contributed by atoms with van der Waals surface area (Å²) in [6.07, 6.45) is 4.46. The van der Waals surface area contributed by atoms with Crippen molar-refractivity contribution >= 4 is 11.9 Å². The summed E-state index contributed by atoms with van der Waals surface area (Å²) in [5, 5.41) is 10.9.